The van der Waals surface area contributed by atoms with Crippen molar-refractivity contribution in [2.45, 2.75) is 39.5 Å². The maximum absolute atomic E-state index is 5.01. The van der Waals surface area contributed by atoms with Crippen LogP contribution in [-0.2, 0) is 6.42 Å². The van der Waals surface area contributed by atoms with Crippen LogP contribution in [0.4, 0.5) is 0 Å². The molecule has 0 N–H and O–H groups in total. The van der Waals surface area contributed by atoms with Gasteiger partial charge in [-0.1, -0.05) is 74.9 Å². The number of rotatable bonds is 4. The molecule has 0 amide bonds. The number of aromatic nitrogens is 1. The van der Waals surface area contributed by atoms with Gasteiger partial charge in [-0.25, -0.2) is 0 Å². The van der Waals surface area contributed by atoms with Crippen molar-refractivity contribution in [1.29, 1.82) is 0 Å². The minimum absolute atomic E-state index is 0.414. The molecule has 0 radical (unpaired) electrons. The van der Waals surface area contributed by atoms with E-state index in [4.69, 9.17) is 4.98 Å². The van der Waals surface area contributed by atoms with Crippen molar-refractivity contribution < 1.29 is 0 Å². The van der Waals surface area contributed by atoms with E-state index in [1.807, 2.05) is 0 Å². The highest BCUT2D eigenvalue weighted by atomic mass is 14.7. The maximum Gasteiger partial charge on any atom is 0.0705 e. The first kappa shape index (κ1) is 17.0. The monoisotopic (exact) mass is 341 g/mol. The van der Waals surface area contributed by atoms with Crippen LogP contribution in [0.3, 0.4) is 0 Å². The first-order valence-corrected chi connectivity index (χ1v) is 9.73. The molecule has 26 heavy (non-hydrogen) atoms. The summed E-state index contributed by atoms with van der Waals surface area (Å²) in [5.41, 5.74) is 6.40. The van der Waals surface area contributed by atoms with Crippen molar-refractivity contribution in [3.05, 3.63) is 78.5 Å². The highest BCUT2D eigenvalue weighted by Crippen LogP contribution is 2.43. The summed E-state index contributed by atoms with van der Waals surface area (Å²) in [4.78, 5) is 5.01. The number of hydrogen-bond donors (Lipinski definition) is 0. The molecule has 1 aliphatic rings. The van der Waals surface area contributed by atoms with Gasteiger partial charge in [0, 0.05) is 11.3 Å². The van der Waals surface area contributed by atoms with Crippen LogP contribution in [0.5, 0.6) is 0 Å². The van der Waals surface area contributed by atoms with E-state index < -0.39 is 0 Å². The highest BCUT2D eigenvalue weighted by Gasteiger charge is 2.33. The second-order valence-corrected chi connectivity index (χ2v) is 8.30. The van der Waals surface area contributed by atoms with Crippen LogP contribution in [0.25, 0.3) is 22.4 Å². The molecule has 1 saturated carbocycles. The van der Waals surface area contributed by atoms with Gasteiger partial charge in [0.2, 0.25) is 0 Å². The van der Waals surface area contributed by atoms with Gasteiger partial charge in [-0.05, 0) is 59.9 Å². The lowest BCUT2D eigenvalue weighted by molar-refractivity contribution is 0.319. The normalized spacial score (nSPS) is 22.5. The molecule has 1 heteroatoms. The van der Waals surface area contributed by atoms with Gasteiger partial charge < -0.3 is 0 Å². The Morgan fingerprint density at radius 1 is 0.885 bits per heavy atom. The van der Waals surface area contributed by atoms with E-state index in [1.165, 1.54) is 41.6 Å². The molecule has 0 spiro atoms. The third-order valence-electron chi connectivity index (χ3n) is 5.76. The average Bonchev–Trinajstić information content (AvgIpc) is 3.01. The summed E-state index contributed by atoms with van der Waals surface area (Å²) in [6.07, 6.45) is 5.09. The molecule has 3 aromatic rings. The van der Waals surface area contributed by atoms with Gasteiger partial charge >= 0.3 is 0 Å². The van der Waals surface area contributed by atoms with Gasteiger partial charge in [0.25, 0.3) is 0 Å². The SMILES string of the molecule is CC1CCC(C)(Cc2cccc(-c3cccc(-c4ccccc4)c3)n2)C1. The zero-order valence-electron chi connectivity index (χ0n) is 15.8. The van der Waals surface area contributed by atoms with E-state index in [9.17, 15) is 0 Å². The largest absolute Gasteiger partial charge is 0.253 e. The number of benzene rings is 2. The van der Waals surface area contributed by atoms with Gasteiger partial charge in [0.15, 0.2) is 0 Å². The average molecular weight is 341 g/mol. The van der Waals surface area contributed by atoms with Gasteiger partial charge in [0.05, 0.1) is 5.69 Å². The van der Waals surface area contributed by atoms with Crippen LogP contribution in [0.15, 0.2) is 72.8 Å². The Kier molecular flexibility index (Phi) is 4.63. The molecule has 0 aliphatic heterocycles. The Morgan fingerprint density at radius 3 is 2.38 bits per heavy atom. The molecule has 4 rings (SSSR count). The van der Waals surface area contributed by atoms with Crippen molar-refractivity contribution in [3.63, 3.8) is 0 Å². The van der Waals surface area contributed by atoms with E-state index in [2.05, 4.69) is 86.6 Å². The van der Waals surface area contributed by atoms with Gasteiger partial charge in [0.1, 0.15) is 0 Å². The van der Waals surface area contributed by atoms with Crippen molar-refractivity contribution in [2.75, 3.05) is 0 Å². The van der Waals surface area contributed by atoms with E-state index in [-0.39, 0.29) is 0 Å². The first-order valence-electron chi connectivity index (χ1n) is 9.73. The van der Waals surface area contributed by atoms with Crippen LogP contribution in [-0.4, -0.2) is 4.98 Å². The molecular weight excluding hydrogens is 314 g/mol. The molecular formula is C25H27N. The Morgan fingerprint density at radius 2 is 1.62 bits per heavy atom. The second-order valence-electron chi connectivity index (χ2n) is 8.30. The van der Waals surface area contributed by atoms with Crippen LogP contribution >= 0.6 is 0 Å². The standard InChI is InChI=1S/C25H27N/c1-19-14-15-25(2,17-19)18-23-12-7-13-24(26-23)22-11-6-10-21(16-22)20-8-4-3-5-9-20/h3-13,16,19H,14-15,17-18H2,1-2H3. The predicted octanol–water partition coefficient (Wildman–Crippen LogP) is 6.78. The summed E-state index contributed by atoms with van der Waals surface area (Å²) < 4.78 is 0. The Labute approximate surface area is 157 Å². The fourth-order valence-electron chi connectivity index (χ4n) is 4.47. The zero-order chi connectivity index (χ0) is 18.0. The minimum atomic E-state index is 0.414. The maximum atomic E-state index is 5.01. The lowest BCUT2D eigenvalue weighted by Crippen LogP contribution is -2.16. The Bertz CT molecular complexity index is 883. The smallest absolute Gasteiger partial charge is 0.0705 e. The van der Waals surface area contributed by atoms with E-state index in [0.29, 0.717) is 5.41 Å². The minimum Gasteiger partial charge on any atom is -0.253 e. The topological polar surface area (TPSA) is 12.9 Å². The van der Waals surface area contributed by atoms with E-state index >= 15 is 0 Å². The molecule has 1 heterocycles. The Hall–Kier alpha value is -2.41. The van der Waals surface area contributed by atoms with Gasteiger partial charge in [-0.2, -0.15) is 0 Å². The molecule has 1 aliphatic carbocycles. The second kappa shape index (κ2) is 7.07. The zero-order valence-corrected chi connectivity index (χ0v) is 15.8. The van der Waals surface area contributed by atoms with Crippen LogP contribution < -0.4 is 0 Å². The highest BCUT2D eigenvalue weighted by molar-refractivity contribution is 5.71. The molecule has 1 aromatic heterocycles. The van der Waals surface area contributed by atoms with Crippen molar-refractivity contribution >= 4 is 0 Å². The fourth-order valence-corrected chi connectivity index (χ4v) is 4.47. The number of pyridine rings is 1. The lowest BCUT2D eigenvalue weighted by atomic mass is 9.83. The molecule has 0 bridgehead atoms. The quantitative estimate of drug-likeness (QED) is 0.509. The van der Waals surface area contributed by atoms with Gasteiger partial charge in [-0.15, -0.1) is 0 Å². The van der Waals surface area contributed by atoms with Crippen LogP contribution in [0.1, 0.15) is 38.8 Å². The molecule has 0 saturated heterocycles. The first-order chi connectivity index (χ1) is 12.6. The summed E-state index contributed by atoms with van der Waals surface area (Å²) in [5, 5.41) is 0. The summed E-state index contributed by atoms with van der Waals surface area (Å²) in [6, 6.07) is 25.8. The number of hydrogen-bond acceptors (Lipinski definition) is 1. The molecule has 2 atom stereocenters. The molecule has 2 aromatic carbocycles. The Balaban J connectivity index is 1.61. The summed E-state index contributed by atoms with van der Waals surface area (Å²) >= 11 is 0. The summed E-state index contributed by atoms with van der Waals surface area (Å²) in [6.45, 7) is 4.81. The van der Waals surface area contributed by atoms with Crippen molar-refractivity contribution in [3.8, 4) is 22.4 Å². The summed E-state index contributed by atoms with van der Waals surface area (Å²) in [7, 11) is 0. The molecule has 1 nitrogen and oxygen atoms in total. The lowest BCUT2D eigenvalue weighted by Gasteiger charge is -2.23. The van der Waals surface area contributed by atoms with Crippen molar-refractivity contribution in [2.24, 2.45) is 11.3 Å². The fraction of sp³-hybridized carbons (Fsp3) is 0.320. The molecule has 1 fully saturated rings. The number of nitrogens with zero attached hydrogens (tertiary/aromatic N) is 1. The molecule has 132 valence electrons. The van der Waals surface area contributed by atoms with Crippen molar-refractivity contribution in [1.82, 2.24) is 4.98 Å². The van der Waals surface area contributed by atoms with E-state index in [1.54, 1.807) is 0 Å². The van der Waals surface area contributed by atoms with Gasteiger partial charge in [-0.3, -0.25) is 4.98 Å². The van der Waals surface area contributed by atoms with E-state index in [0.717, 1.165) is 18.0 Å². The third kappa shape index (κ3) is 3.72. The summed E-state index contributed by atoms with van der Waals surface area (Å²) in [5.74, 6) is 0.853. The van der Waals surface area contributed by atoms with Crippen LogP contribution in [0, 0.1) is 11.3 Å². The molecule has 2 unspecified atom stereocenters. The third-order valence-corrected chi connectivity index (χ3v) is 5.76. The predicted molar refractivity (Wildman–Crippen MR) is 110 cm³/mol. The van der Waals surface area contributed by atoms with Crippen LogP contribution in [0.2, 0.25) is 0 Å².